The fourth-order valence-electron chi connectivity index (χ4n) is 3.32. The van der Waals surface area contributed by atoms with Crippen molar-refractivity contribution < 1.29 is 0 Å². The first-order valence-electron chi connectivity index (χ1n) is 8.73. The zero-order valence-corrected chi connectivity index (χ0v) is 13.9. The van der Waals surface area contributed by atoms with Crippen LogP contribution in [-0.2, 0) is 6.42 Å². The summed E-state index contributed by atoms with van der Waals surface area (Å²) in [5.41, 5.74) is 1.48. The highest BCUT2D eigenvalue weighted by Crippen LogP contribution is 2.11. The molecule has 0 aliphatic carbocycles. The Kier molecular flexibility index (Phi) is 7.25. The topological polar surface area (TPSA) is 15.3 Å². The van der Waals surface area contributed by atoms with Gasteiger partial charge in [-0.05, 0) is 63.2 Å². The normalized spacial score (nSPS) is 20.6. The molecule has 2 nitrogen and oxygen atoms in total. The molecule has 1 unspecified atom stereocenters. The molecular formula is C19H32N2. The molecule has 1 aliphatic rings. The van der Waals surface area contributed by atoms with Crippen LogP contribution < -0.4 is 5.32 Å². The van der Waals surface area contributed by atoms with Gasteiger partial charge >= 0.3 is 0 Å². The van der Waals surface area contributed by atoms with E-state index >= 15 is 0 Å². The molecule has 2 heteroatoms. The predicted molar refractivity (Wildman–Crippen MR) is 91.7 cm³/mol. The molecule has 21 heavy (non-hydrogen) atoms. The summed E-state index contributed by atoms with van der Waals surface area (Å²) in [6.07, 6.45) is 6.46. The van der Waals surface area contributed by atoms with Crippen LogP contribution in [0.2, 0.25) is 0 Å². The van der Waals surface area contributed by atoms with E-state index in [9.17, 15) is 0 Å². The fraction of sp³-hybridized carbons (Fsp3) is 0.684. The summed E-state index contributed by atoms with van der Waals surface area (Å²) < 4.78 is 0. The summed E-state index contributed by atoms with van der Waals surface area (Å²) in [6.45, 7) is 9.63. The van der Waals surface area contributed by atoms with Gasteiger partial charge in [0.15, 0.2) is 0 Å². The molecule has 2 rings (SSSR count). The lowest BCUT2D eigenvalue weighted by atomic mass is 10.0. The maximum atomic E-state index is 3.72. The Balaban J connectivity index is 1.66. The first-order valence-corrected chi connectivity index (χ1v) is 8.73. The number of rotatable bonds is 7. The third-order valence-corrected chi connectivity index (χ3v) is 4.35. The van der Waals surface area contributed by atoms with Crippen molar-refractivity contribution in [1.29, 1.82) is 0 Å². The minimum Gasteiger partial charge on any atom is -0.313 e. The second-order valence-corrected chi connectivity index (χ2v) is 6.88. The van der Waals surface area contributed by atoms with Crippen LogP contribution in [0.1, 0.15) is 45.1 Å². The van der Waals surface area contributed by atoms with Gasteiger partial charge in [0, 0.05) is 12.6 Å². The summed E-state index contributed by atoms with van der Waals surface area (Å²) in [6, 6.07) is 11.6. The van der Waals surface area contributed by atoms with Crippen LogP contribution in [0.5, 0.6) is 0 Å². The van der Waals surface area contributed by atoms with Crippen molar-refractivity contribution in [2.75, 3.05) is 26.2 Å². The van der Waals surface area contributed by atoms with Crippen LogP contribution in [-0.4, -0.2) is 37.1 Å². The second-order valence-electron chi connectivity index (χ2n) is 6.88. The van der Waals surface area contributed by atoms with Gasteiger partial charge in [-0.2, -0.15) is 0 Å². The summed E-state index contributed by atoms with van der Waals surface area (Å²) in [5, 5.41) is 3.72. The summed E-state index contributed by atoms with van der Waals surface area (Å²) in [7, 11) is 0. The minimum absolute atomic E-state index is 0.696. The maximum Gasteiger partial charge on any atom is 0.0197 e. The molecule has 118 valence electrons. The number of unbranched alkanes of at least 4 members (excludes halogenated alkanes) is 1. The van der Waals surface area contributed by atoms with Crippen LogP contribution in [0.25, 0.3) is 0 Å². The third kappa shape index (κ3) is 6.62. The lowest BCUT2D eigenvalue weighted by Crippen LogP contribution is -2.38. The standard InChI is InChI=1S/C19H32N2/c1-17(2)15-19-16-21(14-8-12-20-19)13-7-6-11-18-9-4-3-5-10-18/h3-5,9-10,17,19-20H,6-8,11-16H2,1-2H3. The molecular weight excluding hydrogens is 256 g/mol. The SMILES string of the molecule is CC(C)CC1CN(CCCCc2ccccc2)CCCN1. The van der Waals surface area contributed by atoms with E-state index in [4.69, 9.17) is 0 Å². The summed E-state index contributed by atoms with van der Waals surface area (Å²) in [4.78, 5) is 2.68. The Morgan fingerprint density at radius 3 is 2.76 bits per heavy atom. The Labute approximate surface area is 130 Å². The van der Waals surface area contributed by atoms with E-state index in [0.29, 0.717) is 6.04 Å². The molecule has 1 aromatic rings. The van der Waals surface area contributed by atoms with Crippen molar-refractivity contribution in [3.8, 4) is 0 Å². The van der Waals surface area contributed by atoms with E-state index < -0.39 is 0 Å². The second kappa shape index (κ2) is 9.22. The Hall–Kier alpha value is -0.860. The maximum absolute atomic E-state index is 3.72. The Bertz CT molecular complexity index is 374. The predicted octanol–water partition coefficient (Wildman–Crippen LogP) is 3.72. The first-order chi connectivity index (χ1) is 10.2. The number of aryl methyl sites for hydroxylation is 1. The molecule has 0 saturated carbocycles. The molecule has 0 aromatic heterocycles. The third-order valence-electron chi connectivity index (χ3n) is 4.35. The van der Waals surface area contributed by atoms with Crippen molar-refractivity contribution in [2.24, 2.45) is 5.92 Å². The largest absolute Gasteiger partial charge is 0.313 e. The monoisotopic (exact) mass is 288 g/mol. The number of hydrogen-bond acceptors (Lipinski definition) is 2. The van der Waals surface area contributed by atoms with Crippen LogP contribution in [0.3, 0.4) is 0 Å². The number of nitrogens with one attached hydrogen (secondary N) is 1. The average Bonchev–Trinajstić information content (AvgIpc) is 2.69. The van der Waals surface area contributed by atoms with Gasteiger partial charge in [-0.25, -0.2) is 0 Å². The van der Waals surface area contributed by atoms with Gasteiger partial charge in [0.05, 0.1) is 0 Å². The molecule has 1 aliphatic heterocycles. The molecule has 1 saturated heterocycles. The van der Waals surface area contributed by atoms with Crippen molar-refractivity contribution in [2.45, 2.75) is 52.0 Å². The van der Waals surface area contributed by atoms with E-state index in [1.165, 1.54) is 63.8 Å². The molecule has 0 spiro atoms. The van der Waals surface area contributed by atoms with Crippen LogP contribution in [0, 0.1) is 5.92 Å². The van der Waals surface area contributed by atoms with Crippen LogP contribution in [0.15, 0.2) is 30.3 Å². The van der Waals surface area contributed by atoms with Gasteiger partial charge in [-0.3, -0.25) is 0 Å². The number of benzene rings is 1. The molecule has 0 amide bonds. The molecule has 1 atom stereocenters. The average molecular weight is 288 g/mol. The summed E-state index contributed by atoms with van der Waals surface area (Å²) >= 11 is 0. The van der Waals surface area contributed by atoms with E-state index in [0.717, 1.165) is 5.92 Å². The van der Waals surface area contributed by atoms with E-state index in [-0.39, 0.29) is 0 Å². The quantitative estimate of drug-likeness (QED) is 0.769. The van der Waals surface area contributed by atoms with Gasteiger partial charge in [-0.15, -0.1) is 0 Å². The summed E-state index contributed by atoms with van der Waals surface area (Å²) in [5.74, 6) is 0.792. The van der Waals surface area contributed by atoms with Gasteiger partial charge in [0.25, 0.3) is 0 Å². The highest BCUT2D eigenvalue weighted by Gasteiger charge is 2.17. The van der Waals surface area contributed by atoms with Crippen molar-refractivity contribution in [3.05, 3.63) is 35.9 Å². The lowest BCUT2D eigenvalue weighted by molar-refractivity contribution is 0.250. The van der Waals surface area contributed by atoms with E-state index in [1.807, 2.05) is 0 Å². The van der Waals surface area contributed by atoms with Crippen LogP contribution in [0.4, 0.5) is 0 Å². The molecule has 1 N–H and O–H groups in total. The highest BCUT2D eigenvalue weighted by molar-refractivity contribution is 5.14. The molecule has 0 radical (unpaired) electrons. The molecule has 0 bridgehead atoms. The van der Waals surface area contributed by atoms with Crippen molar-refractivity contribution in [3.63, 3.8) is 0 Å². The smallest absolute Gasteiger partial charge is 0.0197 e. The number of hydrogen-bond donors (Lipinski definition) is 1. The van der Waals surface area contributed by atoms with Gasteiger partial charge in [0.1, 0.15) is 0 Å². The van der Waals surface area contributed by atoms with Gasteiger partial charge < -0.3 is 10.2 Å². The lowest BCUT2D eigenvalue weighted by Gasteiger charge is -2.25. The first kappa shape index (κ1) is 16.5. The van der Waals surface area contributed by atoms with Crippen LogP contribution >= 0.6 is 0 Å². The fourth-order valence-corrected chi connectivity index (χ4v) is 3.32. The van der Waals surface area contributed by atoms with Gasteiger partial charge in [-0.1, -0.05) is 44.2 Å². The van der Waals surface area contributed by atoms with Gasteiger partial charge in [0.2, 0.25) is 0 Å². The number of nitrogens with zero attached hydrogens (tertiary/aromatic N) is 1. The molecule has 1 heterocycles. The Morgan fingerprint density at radius 2 is 2.00 bits per heavy atom. The molecule has 1 aromatic carbocycles. The minimum atomic E-state index is 0.696. The van der Waals surface area contributed by atoms with E-state index in [2.05, 4.69) is 54.4 Å². The zero-order chi connectivity index (χ0) is 14.9. The van der Waals surface area contributed by atoms with Crippen molar-refractivity contribution >= 4 is 0 Å². The molecule has 1 fully saturated rings. The zero-order valence-electron chi connectivity index (χ0n) is 13.9. The van der Waals surface area contributed by atoms with E-state index in [1.54, 1.807) is 0 Å². The highest BCUT2D eigenvalue weighted by atomic mass is 15.2. The Morgan fingerprint density at radius 1 is 1.19 bits per heavy atom. The van der Waals surface area contributed by atoms with Crippen molar-refractivity contribution in [1.82, 2.24) is 10.2 Å².